The summed E-state index contributed by atoms with van der Waals surface area (Å²) in [6.07, 6.45) is 4.54. The van der Waals surface area contributed by atoms with Crippen molar-refractivity contribution in [1.29, 1.82) is 0 Å². The maximum atomic E-state index is 14.4. The third-order valence-corrected chi connectivity index (χ3v) is 5.59. The minimum absolute atomic E-state index is 0.0436. The maximum absolute atomic E-state index is 14.4. The van der Waals surface area contributed by atoms with Crippen LogP contribution in [0.5, 0.6) is 0 Å². The summed E-state index contributed by atoms with van der Waals surface area (Å²) in [4.78, 5) is 34.8. The SMILES string of the molecule is CCc1cn2ccc(CN3CCN(c4ccc(C(=O)NC)nc4F)CC3)c2[nH]c1=O. The molecule has 3 aromatic heterocycles. The van der Waals surface area contributed by atoms with Crippen LogP contribution >= 0.6 is 0 Å². The van der Waals surface area contributed by atoms with Crippen LogP contribution in [0.2, 0.25) is 0 Å². The fourth-order valence-corrected chi connectivity index (χ4v) is 3.84. The summed E-state index contributed by atoms with van der Waals surface area (Å²) in [7, 11) is 1.49. The van der Waals surface area contributed by atoms with Crippen molar-refractivity contribution in [2.75, 3.05) is 38.1 Å². The molecule has 3 aromatic rings. The summed E-state index contributed by atoms with van der Waals surface area (Å²) < 4.78 is 16.4. The molecule has 4 heterocycles. The summed E-state index contributed by atoms with van der Waals surface area (Å²) in [5.74, 6) is -1.04. The first-order chi connectivity index (χ1) is 14.5. The molecule has 9 heteroatoms. The first-order valence-electron chi connectivity index (χ1n) is 10.1. The van der Waals surface area contributed by atoms with E-state index < -0.39 is 11.9 Å². The lowest BCUT2D eigenvalue weighted by atomic mass is 10.2. The number of carbonyl (C=O) groups excluding carboxylic acids is 1. The summed E-state index contributed by atoms with van der Waals surface area (Å²) >= 11 is 0. The second-order valence-electron chi connectivity index (χ2n) is 7.41. The van der Waals surface area contributed by atoms with Crippen LogP contribution in [0.15, 0.2) is 35.4 Å². The van der Waals surface area contributed by atoms with Crippen LogP contribution in [0, 0.1) is 5.95 Å². The molecule has 1 saturated heterocycles. The number of carbonyl (C=O) groups is 1. The van der Waals surface area contributed by atoms with Crippen LogP contribution in [-0.2, 0) is 13.0 Å². The molecule has 1 amide bonds. The van der Waals surface area contributed by atoms with E-state index in [0.717, 1.165) is 29.9 Å². The zero-order valence-electron chi connectivity index (χ0n) is 17.1. The van der Waals surface area contributed by atoms with Gasteiger partial charge in [-0.1, -0.05) is 6.92 Å². The monoisotopic (exact) mass is 412 g/mol. The number of aromatic nitrogens is 3. The third kappa shape index (κ3) is 3.80. The van der Waals surface area contributed by atoms with Gasteiger partial charge in [-0.05, 0) is 24.6 Å². The number of H-pyrrole nitrogens is 1. The van der Waals surface area contributed by atoms with E-state index >= 15 is 0 Å². The van der Waals surface area contributed by atoms with Crippen molar-refractivity contribution in [3.05, 3.63) is 63.7 Å². The molecule has 0 aromatic carbocycles. The highest BCUT2D eigenvalue weighted by molar-refractivity contribution is 5.92. The number of nitrogens with zero attached hydrogens (tertiary/aromatic N) is 4. The van der Waals surface area contributed by atoms with E-state index in [0.29, 0.717) is 31.7 Å². The zero-order chi connectivity index (χ0) is 21.3. The first-order valence-corrected chi connectivity index (χ1v) is 10.1. The Morgan fingerprint density at radius 3 is 2.63 bits per heavy atom. The number of halogens is 1. The molecule has 1 aliphatic rings. The van der Waals surface area contributed by atoms with Gasteiger partial charge in [-0.2, -0.15) is 4.39 Å². The fraction of sp³-hybridized carbons (Fsp3) is 0.381. The van der Waals surface area contributed by atoms with Crippen molar-refractivity contribution in [3.63, 3.8) is 0 Å². The number of hydrogen-bond acceptors (Lipinski definition) is 5. The number of nitrogens with one attached hydrogen (secondary N) is 2. The molecule has 4 rings (SSSR count). The number of aromatic amines is 1. The standard InChI is InChI=1S/C21H25FN6O2/c1-3-14-13-28-7-6-15(19(28)25-20(14)29)12-26-8-10-27(11-9-26)17-5-4-16(21(30)23-2)24-18(17)22/h4-7,13H,3,8-12H2,1-2H3,(H,23,30)(H,25,29). The summed E-state index contributed by atoms with van der Waals surface area (Å²) in [5, 5.41) is 2.44. The topological polar surface area (TPSA) is 85.7 Å². The lowest BCUT2D eigenvalue weighted by Gasteiger charge is -2.35. The largest absolute Gasteiger partial charge is 0.365 e. The Hall–Kier alpha value is -3.20. The Bertz CT molecular complexity index is 1130. The lowest BCUT2D eigenvalue weighted by molar-refractivity contribution is 0.0957. The highest BCUT2D eigenvalue weighted by Gasteiger charge is 2.22. The van der Waals surface area contributed by atoms with E-state index in [2.05, 4.69) is 20.2 Å². The van der Waals surface area contributed by atoms with Gasteiger partial charge in [-0.25, -0.2) is 4.98 Å². The summed E-state index contributed by atoms with van der Waals surface area (Å²) in [6, 6.07) is 5.18. The smallest absolute Gasteiger partial charge is 0.269 e. The van der Waals surface area contributed by atoms with Crippen LogP contribution < -0.4 is 15.8 Å². The zero-order valence-corrected chi connectivity index (χ0v) is 17.1. The van der Waals surface area contributed by atoms with Crippen LogP contribution in [0.1, 0.15) is 28.5 Å². The van der Waals surface area contributed by atoms with Gasteiger partial charge in [0.15, 0.2) is 0 Å². The fourth-order valence-electron chi connectivity index (χ4n) is 3.84. The van der Waals surface area contributed by atoms with Crippen LogP contribution in [0.4, 0.5) is 10.1 Å². The molecule has 1 fully saturated rings. The van der Waals surface area contributed by atoms with Crippen LogP contribution in [0.3, 0.4) is 0 Å². The predicted octanol–water partition coefficient (Wildman–Crippen LogP) is 1.41. The van der Waals surface area contributed by atoms with Crippen LogP contribution in [-0.4, -0.2) is 58.4 Å². The maximum Gasteiger partial charge on any atom is 0.269 e. The molecule has 0 atom stereocenters. The van der Waals surface area contributed by atoms with Gasteiger partial charge in [-0.15, -0.1) is 0 Å². The molecule has 0 saturated carbocycles. The Morgan fingerprint density at radius 1 is 1.20 bits per heavy atom. The van der Waals surface area contributed by atoms with Gasteiger partial charge < -0.3 is 19.6 Å². The summed E-state index contributed by atoms with van der Waals surface area (Å²) in [5.41, 5.74) is 3.08. The van der Waals surface area contributed by atoms with Crippen molar-refractivity contribution in [2.24, 2.45) is 0 Å². The average Bonchev–Trinajstić information content (AvgIpc) is 3.14. The molecule has 2 N–H and O–H groups in total. The molecule has 0 aliphatic carbocycles. The number of pyridine rings is 1. The van der Waals surface area contributed by atoms with Gasteiger partial charge >= 0.3 is 0 Å². The molecule has 0 spiro atoms. The number of hydrogen-bond donors (Lipinski definition) is 2. The van der Waals surface area contributed by atoms with E-state index in [1.165, 1.54) is 13.1 Å². The molecule has 0 bridgehead atoms. The molecule has 158 valence electrons. The molecule has 8 nitrogen and oxygen atoms in total. The molecular weight excluding hydrogens is 387 g/mol. The quantitative estimate of drug-likeness (QED) is 0.619. The number of anilines is 1. The van der Waals surface area contributed by atoms with Crippen molar-refractivity contribution in [1.82, 2.24) is 24.6 Å². The first kappa shape index (κ1) is 20.1. The van der Waals surface area contributed by atoms with Crippen molar-refractivity contribution >= 4 is 17.2 Å². The Balaban J connectivity index is 1.43. The third-order valence-electron chi connectivity index (χ3n) is 5.59. The lowest BCUT2D eigenvalue weighted by Crippen LogP contribution is -2.46. The number of amides is 1. The van der Waals surface area contributed by atoms with Crippen LogP contribution in [0.25, 0.3) is 5.65 Å². The summed E-state index contributed by atoms with van der Waals surface area (Å²) in [6.45, 7) is 5.49. The normalized spacial score (nSPS) is 15.0. The van der Waals surface area contributed by atoms with E-state index in [-0.39, 0.29) is 11.3 Å². The Kier molecular flexibility index (Phi) is 5.54. The minimum atomic E-state index is -0.632. The van der Waals surface area contributed by atoms with Gasteiger partial charge in [0.05, 0.1) is 5.69 Å². The molecular formula is C21H25FN6O2. The second-order valence-corrected chi connectivity index (χ2v) is 7.41. The minimum Gasteiger partial charge on any atom is -0.365 e. The highest BCUT2D eigenvalue weighted by atomic mass is 19.1. The van der Waals surface area contributed by atoms with Crippen molar-refractivity contribution in [3.8, 4) is 0 Å². The molecule has 1 aliphatic heterocycles. The van der Waals surface area contributed by atoms with Gasteiger partial charge in [0.25, 0.3) is 11.5 Å². The number of aryl methyl sites for hydroxylation is 1. The van der Waals surface area contributed by atoms with E-state index in [1.807, 2.05) is 34.7 Å². The molecule has 0 radical (unpaired) electrons. The van der Waals surface area contributed by atoms with Gasteiger partial charge in [-0.3, -0.25) is 14.5 Å². The highest BCUT2D eigenvalue weighted by Crippen LogP contribution is 2.21. The van der Waals surface area contributed by atoms with Gasteiger partial charge in [0.1, 0.15) is 11.3 Å². The van der Waals surface area contributed by atoms with E-state index in [9.17, 15) is 14.0 Å². The second kappa shape index (κ2) is 8.27. The van der Waals surface area contributed by atoms with Gasteiger partial charge in [0.2, 0.25) is 5.95 Å². The Morgan fingerprint density at radius 2 is 1.97 bits per heavy atom. The average molecular weight is 412 g/mol. The van der Waals surface area contributed by atoms with E-state index in [1.54, 1.807) is 6.07 Å². The molecule has 0 unspecified atom stereocenters. The van der Waals surface area contributed by atoms with E-state index in [4.69, 9.17) is 0 Å². The number of rotatable bonds is 5. The number of piperazine rings is 1. The predicted molar refractivity (Wildman–Crippen MR) is 112 cm³/mol. The molecule has 30 heavy (non-hydrogen) atoms. The number of fused-ring (bicyclic) bond motifs is 1. The van der Waals surface area contributed by atoms with Crippen molar-refractivity contribution in [2.45, 2.75) is 19.9 Å². The van der Waals surface area contributed by atoms with Gasteiger partial charge in [0, 0.05) is 63.3 Å². The Labute approximate surface area is 173 Å². The van der Waals surface area contributed by atoms with Crippen molar-refractivity contribution < 1.29 is 9.18 Å².